The van der Waals surface area contributed by atoms with Gasteiger partial charge in [0.2, 0.25) is 29.6 Å². The highest BCUT2D eigenvalue weighted by Gasteiger charge is 2.45. The van der Waals surface area contributed by atoms with E-state index in [1.54, 1.807) is 49.4 Å². The van der Waals surface area contributed by atoms with Crippen molar-refractivity contribution in [3.8, 4) is 16.2 Å². The highest BCUT2D eigenvalue weighted by Crippen LogP contribution is 2.39. The van der Waals surface area contributed by atoms with Gasteiger partial charge in [-0.05, 0) is 126 Å². The number of hydrogen-bond donors (Lipinski definition) is 5. The van der Waals surface area contributed by atoms with Crippen molar-refractivity contribution < 1.29 is 37.4 Å². The number of halogens is 1. The maximum atomic E-state index is 14.3. The van der Waals surface area contributed by atoms with E-state index in [1.807, 2.05) is 102 Å². The smallest absolute Gasteiger partial charge is 0.246 e. The second-order valence-electron chi connectivity index (χ2n) is 21.5. The van der Waals surface area contributed by atoms with Crippen LogP contribution in [-0.4, -0.2) is 111 Å². The molecule has 2 aliphatic rings. The average Bonchev–Trinajstić information content (AvgIpc) is 3.99. The van der Waals surface area contributed by atoms with Crippen LogP contribution in [0.3, 0.4) is 0 Å². The number of carbonyl (C=O) groups excluding carboxylic acids is 4. The number of hydrogen-bond acceptors (Lipinski definition) is 14. The summed E-state index contributed by atoms with van der Waals surface area (Å²) in [5.41, 5.74) is 7.05. The number of nitrogens with one attached hydrogen (secondary N) is 4. The van der Waals surface area contributed by atoms with Crippen molar-refractivity contribution in [2.45, 2.75) is 154 Å². The number of benzene rings is 3. The third kappa shape index (κ3) is 13.9. The highest BCUT2D eigenvalue weighted by molar-refractivity contribution is 7.92. The number of aliphatic hydroxyl groups is 1. The third-order valence-electron chi connectivity index (χ3n) is 13.9. The maximum Gasteiger partial charge on any atom is 0.246 e. The van der Waals surface area contributed by atoms with Crippen LogP contribution < -0.4 is 26.0 Å². The molecule has 2 aromatic heterocycles. The summed E-state index contributed by atoms with van der Waals surface area (Å²) in [6.45, 7) is 19.6. The summed E-state index contributed by atoms with van der Waals surface area (Å²) in [5, 5.41) is 22.6. The molecule has 3 aromatic carbocycles. The fourth-order valence-electron chi connectivity index (χ4n) is 9.67. The number of anilines is 4. The Morgan fingerprint density at radius 1 is 0.908 bits per heavy atom. The van der Waals surface area contributed by atoms with Crippen LogP contribution >= 0.6 is 22.9 Å². The normalized spacial score (nSPS) is 17.1. The Balaban J connectivity index is 0.917. The molecule has 0 saturated carbocycles. The number of amides is 4. The molecule has 2 aliphatic heterocycles. The molecule has 0 spiro atoms. The molecule has 408 valence electrons. The first-order valence-corrected chi connectivity index (χ1v) is 28.8. The molecule has 0 bridgehead atoms. The summed E-state index contributed by atoms with van der Waals surface area (Å²) < 4.78 is 32.6. The molecule has 17 nitrogen and oxygen atoms in total. The molecule has 0 aliphatic carbocycles. The van der Waals surface area contributed by atoms with Gasteiger partial charge in [-0.2, -0.15) is 4.98 Å². The van der Waals surface area contributed by atoms with Gasteiger partial charge in [0.15, 0.2) is 15.7 Å². The molecule has 76 heavy (non-hydrogen) atoms. The summed E-state index contributed by atoms with van der Waals surface area (Å²) in [6.07, 6.45) is 2.39. The van der Waals surface area contributed by atoms with E-state index in [2.05, 4.69) is 36.2 Å². The van der Waals surface area contributed by atoms with Gasteiger partial charge in [0, 0.05) is 38.9 Å². The Morgan fingerprint density at radius 2 is 1.61 bits per heavy atom. The van der Waals surface area contributed by atoms with Gasteiger partial charge >= 0.3 is 0 Å². The number of aryl methyl sites for hydroxylation is 2. The number of rotatable bonds is 19. The number of aliphatic hydroxyl groups excluding tert-OH is 1. The Labute approximate surface area is 455 Å². The fraction of sp³-hybridized carbons (Fsp3) is 0.482. The van der Waals surface area contributed by atoms with E-state index >= 15 is 0 Å². The van der Waals surface area contributed by atoms with Crippen molar-refractivity contribution in [3.05, 3.63) is 99.8 Å². The number of thiazole rings is 1. The molecule has 4 amide bonds. The molecule has 20 heteroatoms. The van der Waals surface area contributed by atoms with Crippen LogP contribution in [0.1, 0.15) is 128 Å². The van der Waals surface area contributed by atoms with Crippen molar-refractivity contribution in [3.63, 3.8) is 0 Å². The summed E-state index contributed by atoms with van der Waals surface area (Å²) in [5.74, 6) is -0.0670. The van der Waals surface area contributed by atoms with Crippen molar-refractivity contribution >= 4 is 79.5 Å². The largest absolute Gasteiger partial charge is 0.489 e. The molecule has 7 rings (SSSR count). The van der Waals surface area contributed by atoms with Crippen LogP contribution in [0.25, 0.3) is 10.4 Å². The van der Waals surface area contributed by atoms with E-state index in [9.17, 15) is 32.7 Å². The highest BCUT2D eigenvalue weighted by atomic mass is 35.5. The molecule has 2 saturated heterocycles. The number of aromatic nitrogens is 3. The molecule has 4 atom stereocenters. The number of piperidine rings is 1. The standard InChI is InChI=1S/C56H72ClN9O8S2/c1-32(2)74-46-28-41(34(5)26-44(46)62-55-58-29-42(57)52(64-55)61-43-14-11-12-15-47(43)76(72,73)33(3)4)38-22-24-65(25-23-38)49(69)17-13-16-48(68)63-51(56(8,9)10)54(71)66-30-40(67)27-45(66)53(70)60-35(6)37-18-20-39(21-19-37)50-36(7)59-31-75-50/h11-12,14-15,18-21,26,28-29,31-33,35,38,40,45,51,67H,13,16-17,22-25,27,30H2,1-10H3,(H,60,70)(H,63,68)(H2,58,61,62,64)/t35-,40+,45-,51?/m0/s1. The number of sulfone groups is 1. The second kappa shape index (κ2) is 24.5. The van der Waals surface area contributed by atoms with Gasteiger partial charge in [0.1, 0.15) is 22.9 Å². The Morgan fingerprint density at radius 3 is 2.25 bits per heavy atom. The number of carbonyl (C=O) groups is 4. The predicted molar refractivity (Wildman–Crippen MR) is 298 cm³/mol. The van der Waals surface area contributed by atoms with E-state index in [1.165, 1.54) is 11.1 Å². The van der Waals surface area contributed by atoms with Crippen LogP contribution in [-0.2, 0) is 29.0 Å². The molecule has 1 unspecified atom stereocenters. The lowest BCUT2D eigenvalue weighted by molar-refractivity contribution is -0.144. The average molecular weight is 1100 g/mol. The molecule has 4 heterocycles. The Hall–Kier alpha value is -6.15. The Kier molecular flexibility index (Phi) is 18.5. The minimum absolute atomic E-state index is 0.0289. The van der Waals surface area contributed by atoms with E-state index in [0.717, 1.165) is 45.7 Å². The van der Waals surface area contributed by atoms with Gasteiger partial charge in [-0.15, -0.1) is 11.3 Å². The SMILES string of the molecule is Cc1cc(Nc2ncc(Cl)c(Nc3ccccc3S(=O)(=O)C(C)C)n2)c(OC(C)C)cc1C1CCN(C(=O)CCCC(=O)NC(C(=O)N2C[C@H](O)C[C@H]2C(=O)N[C@@H](C)c2ccc(-c3scnc3C)cc2)C(C)(C)C)CC1. The van der Waals surface area contributed by atoms with Crippen LogP contribution in [0.2, 0.25) is 5.02 Å². The van der Waals surface area contributed by atoms with Crippen LogP contribution in [0.5, 0.6) is 5.75 Å². The number of para-hydroxylation sites is 1. The first kappa shape index (κ1) is 57.6. The topological polar surface area (TPSA) is 225 Å². The molecular formula is C56H72ClN9O8S2. The van der Waals surface area contributed by atoms with Gasteiger partial charge < -0.3 is 40.9 Å². The van der Waals surface area contributed by atoms with Crippen molar-refractivity contribution in [1.82, 2.24) is 35.4 Å². The van der Waals surface area contributed by atoms with Crippen molar-refractivity contribution in [2.75, 3.05) is 30.3 Å². The zero-order chi connectivity index (χ0) is 55.2. The van der Waals surface area contributed by atoms with E-state index in [-0.39, 0.29) is 89.7 Å². The van der Waals surface area contributed by atoms with Crippen LogP contribution in [0.15, 0.2) is 77.3 Å². The van der Waals surface area contributed by atoms with Crippen LogP contribution in [0.4, 0.5) is 23.1 Å². The lowest BCUT2D eigenvalue weighted by atomic mass is 9.85. The summed E-state index contributed by atoms with van der Waals surface area (Å²) in [7, 11) is -3.61. The summed E-state index contributed by atoms with van der Waals surface area (Å²) >= 11 is 8.09. The van der Waals surface area contributed by atoms with Gasteiger partial charge in [-0.3, -0.25) is 19.2 Å². The second-order valence-corrected chi connectivity index (χ2v) is 25.2. The Bertz CT molecular complexity index is 3010. The van der Waals surface area contributed by atoms with Gasteiger partial charge in [-0.25, -0.2) is 18.4 Å². The van der Waals surface area contributed by atoms with Crippen molar-refractivity contribution in [1.29, 1.82) is 0 Å². The predicted octanol–water partition coefficient (Wildman–Crippen LogP) is 9.57. The van der Waals surface area contributed by atoms with Gasteiger partial charge in [0.25, 0.3) is 0 Å². The lowest BCUT2D eigenvalue weighted by Crippen LogP contribution is -2.57. The van der Waals surface area contributed by atoms with E-state index < -0.39 is 44.6 Å². The van der Waals surface area contributed by atoms with Crippen LogP contribution in [0, 0.1) is 19.3 Å². The maximum absolute atomic E-state index is 14.3. The molecule has 5 N–H and O–H groups in total. The molecule has 2 fully saturated rings. The first-order chi connectivity index (χ1) is 35.9. The first-order valence-electron chi connectivity index (χ1n) is 26.0. The third-order valence-corrected chi connectivity index (χ3v) is 17.4. The quantitative estimate of drug-likeness (QED) is 0.0520. The number of likely N-dealkylation sites (tertiary alicyclic amines) is 2. The van der Waals surface area contributed by atoms with E-state index in [0.29, 0.717) is 30.2 Å². The van der Waals surface area contributed by atoms with Crippen molar-refractivity contribution in [2.24, 2.45) is 5.41 Å². The van der Waals surface area contributed by atoms with Gasteiger partial charge in [-0.1, -0.05) is 68.8 Å². The summed E-state index contributed by atoms with van der Waals surface area (Å²) in [4.78, 5) is 72.9. The van der Waals surface area contributed by atoms with Gasteiger partial charge in [0.05, 0.1) is 62.0 Å². The monoisotopic (exact) mass is 1100 g/mol. The zero-order valence-electron chi connectivity index (χ0n) is 45.1. The summed E-state index contributed by atoms with van der Waals surface area (Å²) in [6, 6.07) is 16.3. The fourth-order valence-corrected chi connectivity index (χ4v) is 11.8. The molecular weight excluding hydrogens is 1030 g/mol. The molecule has 5 aromatic rings. The number of nitrogens with zero attached hydrogens (tertiary/aromatic N) is 5. The lowest BCUT2D eigenvalue weighted by Gasteiger charge is -2.35. The number of ether oxygens (including phenoxy) is 1. The minimum Gasteiger partial charge on any atom is -0.489 e. The number of β-amino-alcohol motifs (C(OH)–C–C–N with tert-alkyl or cyclic N) is 1. The van der Waals surface area contributed by atoms with E-state index in [4.69, 9.17) is 16.3 Å². The zero-order valence-corrected chi connectivity index (χ0v) is 47.5. The molecule has 0 radical (unpaired) electrons. The minimum atomic E-state index is -3.61.